The van der Waals surface area contributed by atoms with Crippen molar-refractivity contribution in [2.45, 2.75) is 72.6 Å². The molecule has 6 heteroatoms. The van der Waals surface area contributed by atoms with Crippen molar-refractivity contribution >= 4 is 22.6 Å². The van der Waals surface area contributed by atoms with E-state index in [1.54, 1.807) is 6.92 Å². The van der Waals surface area contributed by atoms with Gasteiger partial charge in [-0.1, -0.05) is 6.58 Å². The monoisotopic (exact) mass is 344 g/mol. The third-order valence-corrected chi connectivity index (χ3v) is 3.90. The Morgan fingerprint density at radius 1 is 0.909 bits per heavy atom. The Morgan fingerprint density at radius 2 is 1.32 bits per heavy atom. The number of esters is 1. The molecule has 0 saturated heterocycles. The summed E-state index contributed by atoms with van der Waals surface area (Å²) in [6, 6.07) is 0. The molecule has 0 fully saturated rings. The predicted molar refractivity (Wildman–Crippen MR) is 96.5 cm³/mol. The van der Waals surface area contributed by atoms with Crippen LogP contribution in [-0.2, 0) is 18.4 Å². The molecule has 0 amide bonds. The zero-order valence-electron chi connectivity index (χ0n) is 15.8. The molecule has 0 aromatic carbocycles. The molecule has 0 radical (unpaired) electrons. The van der Waals surface area contributed by atoms with Crippen molar-refractivity contribution in [3.05, 3.63) is 23.7 Å². The van der Waals surface area contributed by atoms with Gasteiger partial charge in [0.2, 0.25) is 16.6 Å². The van der Waals surface area contributed by atoms with E-state index in [-0.39, 0.29) is 0 Å². The first kappa shape index (κ1) is 21.0. The van der Waals surface area contributed by atoms with E-state index >= 15 is 0 Å². The Bertz CT molecular complexity index is 430. The standard InChI is InChI=1S/C16H32O4Si2/c1-12(19-21(6,7)8)14(13(2)20-22(9,10)11)15(17)18-16(3,4)5/h1H2,2-11H3/b14-13-. The van der Waals surface area contributed by atoms with Gasteiger partial charge in [-0.2, -0.15) is 0 Å². The second-order valence-electron chi connectivity index (χ2n) is 8.29. The van der Waals surface area contributed by atoms with Gasteiger partial charge in [0.25, 0.3) is 0 Å². The maximum absolute atomic E-state index is 12.5. The Balaban J connectivity index is 5.64. The van der Waals surface area contributed by atoms with E-state index < -0.39 is 28.2 Å². The highest BCUT2D eigenvalue weighted by molar-refractivity contribution is 6.70. The molecule has 0 spiro atoms. The SMILES string of the molecule is C=C(O[Si](C)(C)C)/C(C(=O)OC(C)(C)C)=C(\C)O[Si](C)(C)C. The Hall–Kier alpha value is -1.02. The van der Waals surface area contributed by atoms with Gasteiger partial charge in [-0.05, 0) is 67.0 Å². The number of ether oxygens (including phenoxy) is 1. The van der Waals surface area contributed by atoms with Crippen molar-refractivity contribution in [3.8, 4) is 0 Å². The van der Waals surface area contributed by atoms with Crippen LogP contribution >= 0.6 is 0 Å². The quantitative estimate of drug-likeness (QED) is 0.228. The lowest BCUT2D eigenvalue weighted by Crippen LogP contribution is -2.31. The minimum absolute atomic E-state index is 0.305. The third kappa shape index (κ3) is 9.09. The van der Waals surface area contributed by atoms with Crippen molar-refractivity contribution in [2.24, 2.45) is 0 Å². The number of rotatable bonds is 6. The molecule has 0 rings (SSSR count). The summed E-state index contributed by atoms with van der Waals surface area (Å²) in [7, 11) is -3.72. The third-order valence-electron chi connectivity index (χ3n) is 2.12. The second-order valence-corrected chi connectivity index (χ2v) is 17.1. The predicted octanol–water partition coefficient (Wildman–Crippen LogP) is 4.82. The molecule has 0 unspecified atom stereocenters. The summed E-state index contributed by atoms with van der Waals surface area (Å²) in [6.45, 7) is 23.5. The molecule has 0 aliphatic rings. The van der Waals surface area contributed by atoms with E-state index in [1.165, 1.54) is 0 Å². The maximum Gasteiger partial charge on any atom is 0.345 e. The largest absolute Gasteiger partial charge is 0.547 e. The molecular weight excluding hydrogens is 312 g/mol. The lowest BCUT2D eigenvalue weighted by Gasteiger charge is -2.27. The van der Waals surface area contributed by atoms with Crippen LogP contribution < -0.4 is 0 Å². The van der Waals surface area contributed by atoms with E-state index in [1.807, 2.05) is 40.4 Å². The smallest absolute Gasteiger partial charge is 0.345 e. The van der Waals surface area contributed by atoms with Crippen LogP contribution in [0.15, 0.2) is 23.7 Å². The first-order valence-corrected chi connectivity index (χ1v) is 14.3. The summed E-state index contributed by atoms with van der Waals surface area (Å²) in [4.78, 5) is 12.5. The van der Waals surface area contributed by atoms with E-state index in [0.717, 1.165) is 0 Å². The maximum atomic E-state index is 12.5. The summed E-state index contributed by atoms with van der Waals surface area (Å²) in [5, 5.41) is 0. The fraction of sp³-hybridized carbons (Fsp3) is 0.688. The molecule has 0 heterocycles. The molecule has 0 atom stereocenters. The van der Waals surface area contributed by atoms with Crippen LogP contribution in [0.4, 0.5) is 0 Å². The van der Waals surface area contributed by atoms with Crippen LogP contribution in [0.5, 0.6) is 0 Å². The van der Waals surface area contributed by atoms with Crippen molar-refractivity contribution in [3.63, 3.8) is 0 Å². The van der Waals surface area contributed by atoms with Crippen molar-refractivity contribution in [2.75, 3.05) is 0 Å². The number of hydrogen-bond acceptors (Lipinski definition) is 4. The van der Waals surface area contributed by atoms with E-state index in [9.17, 15) is 4.79 Å². The number of hydrogen-bond donors (Lipinski definition) is 0. The Morgan fingerprint density at radius 3 is 1.64 bits per heavy atom. The van der Waals surface area contributed by atoms with Gasteiger partial charge in [-0.3, -0.25) is 0 Å². The van der Waals surface area contributed by atoms with Crippen LogP contribution in [0, 0.1) is 0 Å². The van der Waals surface area contributed by atoms with E-state index in [2.05, 4.69) is 26.2 Å². The van der Waals surface area contributed by atoms with Crippen LogP contribution in [0.3, 0.4) is 0 Å². The Labute approximate surface area is 137 Å². The minimum Gasteiger partial charge on any atom is -0.547 e. The van der Waals surface area contributed by atoms with Gasteiger partial charge in [0.15, 0.2) is 0 Å². The summed E-state index contributed by atoms with van der Waals surface area (Å²) in [6.07, 6.45) is 0. The highest BCUT2D eigenvalue weighted by Gasteiger charge is 2.30. The van der Waals surface area contributed by atoms with Crippen LogP contribution in [0.2, 0.25) is 39.3 Å². The van der Waals surface area contributed by atoms with Crippen LogP contribution in [0.1, 0.15) is 27.7 Å². The first-order valence-electron chi connectivity index (χ1n) is 7.53. The Kier molecular flexibility index (Phi) is 6.71. The fourth-order valence-corrected chi connectivity index (χ4v) is 3.58. The van der Waals surface area contributed by atoms with Gasteiger partial charge >= 0.3 is 5.97 Å². The molecule has 4 nitrogen and oxygen atoms in total. The fourth-order valence-electron chi connectivity index (χ4n) is 1.71. The number of carbonyl (C=O) groups excluding carboxylic acids is 1. The number of allylic oxidation sites excluding steroid dienone is 1. The average molecular weight is 345 g/mol. The van der Waals surface area contributed by atoms with Gasteiger partial charge in [0.1, 0.15) is 16.9 Å². The summed E-state index contributed by atoms with van der Waals surface area (Å²) < 4.78 is 17.3. The summed E-state index contributed by atoms with van der Waals surface area (Å²) in [5.74, 6) is 0.410. The lowest BCUT2D eigenvalue weighted by atomic mass is 10.1. The summed E-state index contributed by atoms with van der Waals surface area (Å²) in [5.41, 5.74) is -0.277. The van der Waals surface area contributed by atoms with E-state index in [0.29, 0.717) is 17.1 Å². The van der Waals surface area contributed by atoms with Gasteiger partial charge in [0, 0.05) is 0 Å². The molecule has 0 aliphatic carbocycles. The van der Waals surface area contributed by atoms with Gasteiger partial charge in [0.05, 0.1) is 5.76 Å². The van der Waals surface area contributed by atoms with Gasteiger partial charge in [-0.25, -0.2) is 4.79 Å². The molecular formula is C16H32O4Si2. The highest BCUT2D eigenvalue weighted by atomic mass is 28.4. The molecule has 22 heavy (non-hydrogen) atoms. The van der Waals surface area contributed by atoms with Gasteiger partial charge in [-0.15, -0.1) is 0 Å². The molecule has 0 saturated carbocycles. The summed E-state index contributed by atoms with van der Waals surface area (Å²) >= 11 is 0. The first-order chi connectivity index (χ1) is 9.52. The molecule has 128 valence electrons. The van der Waals surface area contributed by atoms with Crippen LogP contribution in [0.25, 0.3) is 0 Å². The van der Waals surface area contributed by atoms with Gasteiger partial charge < -0.3 is 13.6 Å². The van der Waals surface area contributed by atoms with Crippen molar-refractivity contribution < 1.29 is 18.4 Å². The number of carbonyl (C=O) groups is 1. The normalized spacial score (nSPS) is 14.1. The molecule has 0 bridgehead atoms. The molecule has 0 aliphatic heterocycles. The zero-order valence-corrected chi connectivity index (χ0v) is 17.8. The minimum atomic E-state index is -1.88. The van der Waals surface area contributed by atoms with E-state index in [4.69, 9.17) is 13.6 Å². The molecule has 0 N–H and O–H groups in total. The highest BCUT2D eigenvalue weighted by Crippen LogP contribution is 2.25. The molecule has 0 aromatic heterocycles. The lowest BCUT2D eigenvalue weighted by molar-refractivity contribution is -0.150. The van der Waals surface area contributed by atoms with Crippen molar-refractivity contribution in [1.82, 2.24) is 0 Å². The average Bonchev–Trinajstić information content (AvgIpc) is 2.06. The topological polar surface area (TPSA) is 44.8 Å². The molecule has 0 aromatic rings. The zero-order chi connectivity index (χ0) is 17.9. The van der Waals surface area contributed by atoms with Crippen molar-refractivity contribution in [1.29, 1.82) is 0 Å². The van der Waals surface area contributed by atoms with Crippen LogP contribution in [-0.4, -0.2) is 28.2 Å². The second kappa shape index (κ2) is 7.04.